The number of hydrogen-bond donors (Lipinski definition) is 0. The van der Waals surface area contributed by atoms with Crippen molar-refractivity contribution >= 4 is 0 Å². The zero-order valence-corrected chi connectivity index (χ0v) is 19.3. The van der Waals surface area contributed by atoms with Gasteiger partial charge in [0.1, 0.15) is 12.7 Å². The van der Waals surface area contributed by atoms with Crippen LogP contribution in [0.4, 0.5) is 0 Å². The molecule has 1 atom stereocenters. The van der Waals surface area contributed by atoms with Crippen molar-refractivity contribution in [2.45, 2.75) is 25.9 Å². The lowest BCUT2D eigenvalue weighted by Crippen LogP contribution is -2.05. The molecule has 32 heavy (non-hydrogen) atoms. The second-order valence-corrected chi connectivity index (χ2v) is 6.87. The van der Waals surface area contributed by atoms with E-state index in [2.05, 4.69) is 31.4 Å². The van der Waals surface area contributed by atoms with E-state index in [4.69, 9.17) is 28.4 Å². The van der Waals surface area contributed by atoms with Gasteiger partial charge in [0, 0.05) is 6.61 Å². The van der Waals surface area contributed by atoms with E-state index in [9.17, 15) is 0 Å². The highest BCUT2D eigenvalue weighted by Gasteiger charge is 2.23. The zero-order chi connectivity index (χ0) is 23.2. The van der Waals surface area contributed by atoms with Crippen LogP contribution in [0.25, 0.3) is 0 Å². The zero-order valence-electron chi connectivity index (χ0n) is 19.3. The van der Waals surface area contributed by atoms with Gasteiger partial charge in [0.05, 0.1) is 20.8 Å². The van der Waals surface area contributed by atoms with Gasteiger partial charge in [0.2, 0.25) is 0 Å². The number of methoxy groups -OCH3 is 2. The van der Waals surface area contributed by atoms with Crippen LogP contribution in [0.3, 0.4) is 0 Å². The number of epoxide rings is 1. The molecular weight excluding hydrogens is 408 g/mol. The highest BCUT2D eigenvalue weighted by atomic mass is 16.7. The second kappa shape index (κ2) is 14.2. The normalized spacial score (nSPS) is 14.4. The highest BCUT2D eigenvalue weighted by Crippen LogP contribution is 2.30. The number of ether oxygens (including phenoxy) is 6. The van der Waals surface area contributed by atoms with Crippen molar-refractivity contribution < 1.29 is 28.4 Å². The molecule has 0 radical (unpaired) electrons. The fourth-order valence-electron chi connectivity index (χ4n) is 2.89. The maximum atomic E-state index is 5.75. The van der Waals surface area contributed by atoms with Crippen molar-refractivity contribution in [2.75, 3.05) is 40.8 Å². The van der Waals surface area contributed by atoms with Crippen LogP contribution >= 0.6 is 0 Å². The minimum absolute atomic E-state index is 0.216. The van der Waals surface area contributed by atoms with Crippen LogP contribution < -0.4 is 18.9 Å². The Morgan fingerprint density at radius 2 is 1.41 bits per heavy atom. The van der Waals surface area contributed by atoms with Gasteiger partial charge in [-0.15, -0.1) is 13.2 Å². The standard InChI is InChI=1S/C24H30O6.C2H4/c1-4-27-17-30-22-12-10-19(14-24(22)26-3)8-6-5-7-18-9-11-21(23(13-18)25-2)29-16-20-15-28-20;1-2/h5-6,9-14,20H,4,7-8,15-17H2,1-3H3;1-2H2/b6-5+;. The van der Waals surface area contributed by atoms with Crippen LogP contribution in [0.1, 0.15) is 18.1 Å². The fourth-order valence-corrected chi connectivity index (χ4v) is 2.89. The lowest BCUT2D eigenvalue weighted by molar-refractivity contribution is 0.0209. The van der Waals surface area contributed by atoms with Crippen molar-refractivity contribution in [3.05, 3.63) is 72.8 Å². The molecule has 0 spiro atoms. The minimum atomic E-state index is 0.216. The van der Waals surface area contributed by atoms with Crippen LogP contribution in [0, 0.1) is 0 Å². The Morgan fingerprint density at radius 3 is 1.88 bits per heavy atom. The van der Waals surface area contributed by atoms with E-state index in [0.29, 0.717) is 24.7 Å². The lowest BCUT2D eigenvalue weighted by atomic mass is 10.1. The average molecular weight is 443 g/mol. The SMILES string of the molecule is C=C.CCOCOc1ccc(C/C=C/Cc2ccc(OCC3CO3)c(OC)c2)cc1OC. The molecule has 0 saturated carbocycles. The Kier molecular flexibility index (Phi) is 11.2. The molecule has 1 fully saturated rings. The molecule has 3 rings (SSSR count). The summed E-state index contributed by atoms with van der Waals surface area (Å²) in [5.41, 5.74) is 2.31. The third kappa shape index (κ3) is 8.29. The van der Waals surface area contributed by atoms with E-state index in [-0.39, 0.29) is 12.9 Å². The molecule has 0 aliphatic carbocycles. The Labute approximate surface area is 191 Å². The smallest absolute Gasteiger partial charge is 0.189 e. The molecule has 174 valence electrons. The molecule has 2 aromatic rings. The van der Waals surface area contributed by atoms with E-state index in [0.717, 1.165) is 42.1 Å². The van der Waals surface area contributed by atoms with Gasteiger partial charge in [-0.05, 0) is 55.2 Å². The average Bonchev–Trinajstić information content (AvgIpc) is 3.67. The van der Waals surface area contributed by atoms with Gasteiger partial charge in [-0.25, -0.2) is 0 Å². The van der Waals surface area contributed by atoms with Crippen molar-refractivity contribution in [3.8, 4) is 23.0 Å². The molecule has 0 aromatic heterocycles. The highest BCUT2D eigenvalue weighted by molar-refractivity contribution is 5.44. The van der Waals surface area contributed by atoms with Crippen molar-refractivity contribution in [3.63, 3.8) is 0 Å². The maximum Gasteiger partial charge on any atom is 0.189 e. The first-order valence-electron chi connectivity index (χ1n) is 10.7. The minimum Gasteiger partial charge on any atom is -0.493 e. The summed E-state index contributed by atoms with van der Waals surface area (Å²) in [6.07, 6.45) is 6.15. The largest absolute Gasteiger partial charge is 0.493 e. The monoisotopic (exact) mass is 442 g/mol. The van der Waals surface area contributed by atoms with Crippen LogP contribution in [0.15, 0.2) is 61.7 Å². The first-order chi connectivity index (χ1) is 15.7. The summed E-state index contributed by atoms with van der Waals surface area (Å²) in [6, 6.07) is 12.0. The molecule has 2 aromatic carbocycles. The van der Waals surface area contributed by atoms with Gasteiger partial charge in [-0.1, -0.05) is 24.3 Å². The third-order valence-corrected chi connectivity index (χ3v) is 4.66. The van der Waals surface area contributed by atoms with Gasteiger partial charge < -0.3 is 28.4 Å². The Balaban J connectivity index is 0.00000176. The molecule has 0 N–H and O–H groups in total. The van der Waals surface area contributed by atoms with Crippen LogP contribution in [0.5, 0.6) is 23.0 Å². The first kappa shape index (κ1) is 25.3. The second-order valence-electron chi connectivity index (χ2n) is 6.87. The quantitative estimate of drug-likeness (QED) is 0.188. The summed E-state index contributed by atoms with van der Waals surface area (Å²) in [4.78, 5) is 0. The van der Waals surface area contributed by atoms with E-state index < -0.39 is 0 Å². The maximum absolute atomic E-state index is 5.75. The van der Waals surface area contributed by atoms with Crippen molar-refractivity contribution in [2.24, 2.45) is 0 Å². The molecule has 1 aliphatic rings. The summed E-state index contributed by atoms with van der Waals surface area (Å²) < 4.78 is 32.6. The number of benzene rings is 2. The van der Waals surface area contributed by atoms with Gasteiger partial charge in [0.15, 0.2) is 29.8 Å². The van der Waals surface area contributed by atoms with E-state index >= 15 is 0 Å². The Bertz CT molecular complexity index is 844. The van der Waals surface area contributed by atoms with Crippen molar-refractivity contribution in [1.29, 1.82) is 0 Å². The number of rotatable bonds is 13. The fraction of sp³-hybridized carbons (Fsp3) is 0.385. The Morgan fingerprint density at radius 1 is 0.875 bits per heavy atom. The summed E-state index contributed by atoms with van der Waals surface area (Å²) in [5.74, 6) is 2.88. The molecule has 1 unspecified atom stereocenters. The molecule has 6 heteroatoms. The van der Waals surface area contributed by atoms with Crippen LogP contribution in [-0.2, 0) is 22.3 Å². The van der Waals surface area contributed by atoms with Gasteiger partial charge in [-0.2, -0.15) is 0 Å². The lowest BCUT2D eigenvalue weighted by Gasteiger charge is -2.11. The van der Waals surface area contributed by atoms with Crippen molar-refractivity contribution in [1.82, 2.24) is 0 Å². The molecule has 1 heterocycles. The summed E-state index contributed by atoms with van der Waals surface area (Å²) >= 11 is 0. The topological polar surface area (TPSA) is 58.7 Å². The predicted octanol–water partition coefficient (Wildman–Crippen LogP) is 5.00. The van der Waals surface area contributed by atoms with E-state index in [1.54, 1.807) is 14.2 Å². The molecule has 1 aliphatic heterocycles. The third-order valence-electron chi connectivity index (χ3n) is 4.66. The van der Waals surface area contributed by atoms with E-state index in [1.165, 1.54) is 0 Å². The van der Waals surface area contributed by atoms with E-state index in [1.807, 2.05) is 37.3 Å². The predicted molar refractivity (Wildman–Crippen MR) is 126 cm³/mol. The van der Waals surface area contributed by atoms with Gasteiger partial charge in [-0.3, -0.25) is 0 Å². The molecule has 6 nitrogen and oxygen atoms in total. The number of allylic oxidation sites excluding steroid dienone is 2. The van der Waals surface area contributed by atoms with Gasteiger partial charge in [0.25, 0.3) is 0 Å². The summed E-state index contributed by atoms with van der Waals surface area (Å²) in [5, 5.41) is 0. The summed E-state index contributed by atoms with van der Waals surface area (Å²) in [6.45, 7) is 10.1. The van der Waals surface area contributed by atoms with Gasteiger partial charge >= 0.3 is 0 Å². The first-order valence-corrected chi connectivity index (χ1v) is 10.7. The molecule has 0 bridgehead atoms. The molecule has 0 amide bonds. The molecular formula is C26H34O6. The Hall–Kier alpha value is -2.96. The molecule has 1 saturated heterocycles. The number of hydrogen-bond acceptors (Lipinski definition) is 6. The summed E-state index contributed by atoms with van der Waals surface area (Å²) in [7, 11) is 3.30. The van der Waals surface area contributed by atoms with Crippen LogP contribution in [0.2, 0.25) is 0 Å². The van der Waals surface area contributed by atoms with Crippen LogP contribution in [-0.4, -0.2) is 46.9 Å².